The maximum absolute atomic E-state index is 6.72. The van der Waals surface area contributed by atoms with Crippen LogP contribution in [0.25, 0.3) is 61.0 Å². The molecule has 10 aromatic rings. The van der Waals surface area contributed by atoms with Crippen molar-refractivity contribution in [3.8, 4) is 45.9 Å². The van der Waals surface area contributed by atoms with Crippen molar-refractivity contribution in [1.29, 1.82) is 0 Å². The number of hydrogen-bond acceptors (Lipinski definition) is 4. The molecule has 0 bridgehead atoms. The summed E-state index contributed by atoms with van der Waals surface area (Å²) in [6, 6.07) is 48.5. The van der Waals surface area contributed by atoms with Gasteiger partial charge in [-0.05, 0) is 66.7 Å². The number of ether oxygens (including phenoxy) is 3. The minimum atomic E-state index is -0.0288. The Bertz CT molecular complexity index is 3120. The lowest BCUT2D eigenvalue weighted by atomic mass is 9.34. The van der Waals surface area contributed by atoms with E-state index in [-0.39, 0.29) is 6.71 Å². The molecule has 7 aromatic carbocycles. The van der Waals surface area contributed by atoms with Crippen molar-refractivity contribution in [3.63, 3.8) is 0 Å². The third-order valence-corrected chi connectivity index (χ3v) is 10.9. The van der Waals surface area contributed by atoms with Gasteiger partial charge in [-0.15, -0.1) is 0 Å². The Hall–Kier alpha value is -6.93. The van der Waals surface area contributed by atoms with Gasteiger partial charge in [-0.3, -0.25) is 8.97 Å². The number of nitrogens with zero attached hydrogens (tertiary/aromatic N) is 4. The lowest BCUT2D eigenvalue weighted by molar-refractivity contribution is 0.442. The highest BCUT2D eigenvalue weighted by molar-refractivity contribution is 6.99. The molecule has 3 aliphatic heterocycles. The molecule has 0 N–H and O–H groups in total. The van der Waals surface area contributed by atoms with Crippen LogP contribution in [0.15, 0.2) is 140 Å². The number of hydrogen-bond donors (Lipinski definition) is 0. The molecule has 13 rings (SSSR count). The number of benzene rings is 7. The van der Waals surface area contributed by atoms with Gasteiger partial charge in [-0.1, -0.05) is 60.7 Å². The average Bonchev–Trinajstić information content (AvgIpc) is 3.82. The lowest BCUT2D eigenvalue weighted by Crippen LogP contribution is -2.59. The van der Waals surface area contributed by atoms with Gasteiger partial charge in [0, 0.05) is 45.0 Å². The van der Waals surface area contributed by atoms with E-state index in [4.69, 9.17) is 19.2 Å². The average molecular weight is 654 g/mol. The summed E-state index contributed by atoms with van der Waals surface area (Å²) in [5.41, 5.74) is 11.6. The fourth-order valence-electron chi connectivity index (χ4n) is 8.96. The Morgan fingerprint density at radius 1 is 0.431 bits per heavy atom. The van der Waals surface area contributed by atoms with Crippen LogP contribution in [0.5, 0.6) is 34.5 Å². The largest absolute Gasteiger partial charge is 0.458 e. The summed E-state index contributed by atoms with van der Waals surface area (Å²) in [5, 5.41) is 2.25. The molecule has 0 saturated carbocycles. The van der Waals surface area contributed by atoms with E-state index >= 15 is 0 Å². The van der Waals surface area contributed by atoms with E-state index in [1.165, 1.54) is 0 Å². The topological polar surface area (TPSA) is 54.9 Å². The Kier molecular flexibility index (Phi) is 4.59. The molecule has 3 aliphatic rings. The maximum Gasteiger partial charge on any atom is 0.270 e. The summed E-state index contributed by atoms with van der Waals surface area (Å²) < 4.78 is 26.7. The molecule has 0 radical (unpaired) electrons. The zero-order valence-electron chi connectivity index (χ0n) is 26.9. The zero-order chi connectivity index (χ0) is 32.9. The van der Waals surface area contributed by atoms with Crippen LogP contribution in [0.4, 0.5) is 0 Å². The van der Waals surface area contributed by atoms with Crippen LogP contribution in [0, 0.1) is 0 Å². The number of rotatable bonds is 2. The van der Waals surface area contributed by atoms with Crippen LogP contribution < -0.4 is 30.6 Å². The van der Waals surface area contributed by atoms with Crippen LogP contribution in [-0.2, 0) is 0 Å². The molecule has 8 heteroatoms. The molecular weight excluding hydrogens is 631 g/mol. The summed E-state index contributed by atoms with van der Waals surface area (Å²) >= 11 is 0. The first-order chi connectivity index (χ1) is 25.3. The van der Waals surface area contributed by atoms with E-state index in [0.717, 1.165) is 112 Å². The summed E-state index contributed by atoms with van der Waals surface area (Å²) in [6.07, 6.45) is 0. The Morgan fingerprint density at radius 3 is 1.71 bits per heavy atom. The summed E-state index contributed by atoms with van der Waals surface area (Å²) in [5.74, 6) is 5.76. The minimum Gasteiger partial charge on any atom is -0.458 e. The van der Waals surface area contributed by atoms with Gasteiger partial charge in [0.1, 0.15) is 40.0 Å². The number of para-hydroxylation sites is 4. The standard InChI is InChI=1S/C43H23BN4O3/c1-2-10-24(11-3-1)47-28-14-6-7-15-29(28)48-31-21-20-30-38(42(31)45-43(47)48)26-12-4-5-13-27(26)46(30)25-22-36-41-37(23-25)51-35-19-9-17-33-40(35)44(41)39-32(49-33)16-8-18-34(39)50-36/h1-23H. The zero-order valence-corrected chi connectivity index (χ0v) is 26.9. The van der Waals surface area contributed by atoms with Crippen molar-refractivity contribution < 1.29 is 14.2 Å². The van der Waals surface area contributed by atoms with Crippen LogP contribution >= 0.6 is 0 Å². The quantitative estimate of drug-likeness (QED) is 0.176. The smallest absolute Gasteiger partial charge is 0.270 e. The molecule has 0 atom stereocenters. The van der Waals surface area contributed by atoms with Crippen molar-refractivity contribution in [2.24, 2.45) is 0 Å². The van der Waals surface area contributed by atoms with Crippen LogP contribution in [0.2, 0.25) is 0 Å². The van der Waals surface area contributed by atoms with E-state index in [1.807, 2.05) is 42.5 Å². The van der Waals surface area contributed by atoms with Crippen molar-refractivity contribution in [2.75, 3.05) is 0 Å². The molecule has 236 valence electrons. The first-order valence-electron chi connectivity index (χ1n) is 17.2. The highest BCUT2D eigenvalue weighted by atomic mass is 16.5. The van der Waals surface area contributed by atoms with Gasteiger partial charge < -0.3 is 18.8 Å². The summed E-state index contributed by atoms with van der Waals surface area (Å²) in [6.45, 7) is -0.0288. The summed E-state index contributed by atoms with van der Waals surface area (Å²) in [4.78, 5) is 5.45. The van der Waals surface area contributed by atoms with Crippen molar-refractivity contribution in [3.05, 3.63) is 140 Å². The second-order valence-corrected chi connectivity index (χ2v) is 13.5. The van der Waals surface area contributed by atoms with Gasteiger partial charge in [0.2, 0.25) is 5.78 Å². The number of aromatic nitrogens is 4. The van der Waals surface area contributed by atoms with Crippen molar-refractivity contribution >= 4 is 72.8 Å². The van der Waals surface area contributed by atoms with Gasteiger partial charge in [-0.25, -0.2) is 4.98 Å². The fraction of sp³-hybridized carbons (Fsp3) is 0. The van der Waals surface area contributed by atoms with Gasteiger partial charge in [0.25, 0.3) is 6.71 Å². The van der Waals surface area contributed by atoms with Crippen molar-refractivity contribution in [2.45, 2.75) is 0 Å². The van der Waals surface area contributed by atoms with E-state index < -0.39 is 0 Å². The normalized spacial score (nSPS) is 13.5. The van der Waals surface area contributed by atoms with Gasteiger partial charge in [0.05, 0.1) is 33.3 Å². The third kappa shape index (κ3) is 3.14. The molecule has 6 heterocycles. The van der Waals surface area contributed by atoms with Crippen LogP contribution in [-0.4, -0.2) is 25.2 Å². The van der Waals surface area contributed by atoms with Gasteiger partial charge in [-0.2, -0.15) is 0 Å². The first-order valence-corrected chi connectivity index (χ1v) is 17.2. The highest BCUT2D eigenvalue weighted by Gasteiger charge is 2.46. The monoisotopic (exact) mass is 654 g/mol. The maximum atomic E-state index is 6.72. The Morgan fingerprint density at radius 2 is 1.00 bits per heavy atom. The molecule has 0 saturated heterocycles. The fourth-order valence-corrected chi connectivity index (χ4v) is 8.96. The molecular formula is C43H23BN4O3. The molecule has 7 nitrogen and oxygen atoms in total. The number of fused-ring (bicyclic) bond motifs is 9. The second-order valence-electron chi connectivity index (χ2n) is 13.5. The van der Waals surface area contributed by atoms with Crippen LogP contribution in [0.3, 0.4) is 0 Å². The molecule has 0 unspecified atom stereocenters. The number of imidazole rings is 2. The van der Waals surface area contributed by atoms with E-state index in [2.05, 4.69) is 111 Å². The van der Waals surface area contributed by atoms with Gasteiger partial charge >= 0.3 is 0 Å². The molecule has 0 spiro atoms. The van der Waals surface area contributed by atoms with Crippen molar-refractivity contribution in [1.82, 2.24) is 18.5 Å². The lowest BCUT2D eigenvalue weighted by Gasteiger charge is -2.37. The third-order valence-electron chi connectivity index (χ3n) is 10.9. The van der Waals surface area contributed by atoms with Crippen LogP contribution in [0.1, 0.15) is 0 Å². The predicted octanol–water partition coefficient (Wildman–Crippen LogP) is 8.36. The van der Waals surface area contributed by atoms with E-state index in [1.54, 1.807) is 0 Å². The predicted molar refractivity (Wildman–Crippen MR) is 202 cm³/mol. The Labute approximate surface area is 290 Å². The Balaban J connectivity index is 1.10. The SMILES string of the molecule is c1ccc(-n2c3ccccc3n3c4ccc5c(c6ccccc6n5-c5cc6c7c(c5)Oc5cccc8c5B7c5c(cccc5O6)O8)c4nc23)cc1. The van der Waals surface area contributed by atoms with E-state index in [0.29, 0.717) is 0 Å². The highest BCUT2D eigenvalue weighted by Crippen LogP contribution is 2.44. The molecule has 3 aromatic heterocycles. The van der Waals surface area contributed by atoms with Gasteiger partial charge in [0.15, 0.2) is 0 Å². The van der Waals surface area contributed by atoms with E-state index in [9.17, 15) is 0 Å². The molecule has 0 amide bonds. The molecule has 0 aliphatic carbocycles. The molecule has 51 heavy (non-hydrogen) atoms. The summed E-state index contributed by atoms with van der Waals surface area (Å²) in [7, 11) is 0. The second kappa shape index (κ2) is 8.99. The molecule has 0 fully saturated rings. The minimum absolute atomic E-state index is 0.0288. The first kappa shape index (κ1) is 26.0.